The van der Waals surface area contributed by atoms with Crippen LogP contribution in [0.3, 0.4) is 0 Å². The molecule has 2 heterocycles. The summed E-state index contributed by atoms with van der Waals surface area (Å²) in [4.78, 5) is 6.15. The van der Waals surface area contributed by atoms with E-state index in [4.69, 9.17) is 9.72 Å². The maximum absolute atomic E-state index is 5.31. The van der Waals surface area contributed by atoms with Gasteiger partial charge in [-0.05, 0) is 34.9 Å². The third-order valence-corrected chi connectivity index (χ3v) is 3.29. The number of methoxy groups -OCH3 is 1. The number of pyridine rings is 1. The van der Waals surface area contributed by atoms with Crippen molar-refractivity contribution in [1.29, 1.82) is 0 Å². The third-order valence-electron chi connectivity index (χ3n) is 3.29. The first kappa shape index (κ1) is 13.5. The van der Waals surface area contributed by atoms with Gasteiger partial charge in [0.25, 0.3) is 0 Å². The summed E-state index contributed by atoms with van der Waals surface area (Å²) in [6.45, 7) is 6.41. The highest BCUT2D eigenvalue weighted by molar-refractivity contribution is 5.87. The average Bonchev–Trinajstić information content (AvgIpc) is 2.98. The maximum Gasteiger partial charge on any atom is 0.177 e. The molecule has 0 bridgehead atoms. The fourth-order valence-electron chi connectivity index (χ4n) is 2.30. The van der Waals surface area contributed by atoms with Crippen LogP contribution in [0.4, 0.5) is 0 Å². The molecule has 1 aromatic carbocycles. The van der Waals surface area contributed by atoms with Gasteiger partial charge < -0.3 is 4.74 Å². The minimum Gasteiger partial charge on any atom is -0.497 e. The summed E-state index contributed by atoms with van der Waals surface area (Å²) >= 11 is 0. The molecule has 6 heteroatoms. The number of benzene rings is 1. The van der Waals surface area contributed by atoms with Gasteiger partial charge in [0.2, 0.25) is 0 Å². The van der Waals surface area contributed by atoms with Crippen molar-refractivity contribution in [3.8, 4) is 11.6 Å². The minimum absolute atomic E-state index is 0.0938. The van der Waals surface area contributed by atoms with E-state index in [9.17, 15) is 0 Å². The second-order valence-electron chi connectivity index (χ2n) is 5.89. The third kappa shape index (κ3) is 2.44. The summed E-state index contributed by atoms with van der Waals surface area (Å²) in [6, 6.07) is 7.92. The summed E-state index contributed by atoms with van der Waals surface area (Å²) in [5.41, 5.74) is 0.902. The molecule has 0 aliphatic carbocycles. The average molecular weight is 283 g/mol. The second kappa shape index (κ2) is 4.80. The Kier molecular flexibility index (Phi) is 3.08. The molecule has 0 fully saturated rings. The molecule has 108 valence electrons. The van der Waals surface area contributed by atoms with Crippen LogP contribution in [0.2, 0.25) is 0 Å². The Morgan fingerprint density at radius 1 is 1.14 bits per heavy atom. The first-order valence-electron chi connectivity index (χ1n) is 6.71. The molecule has 0 saturated heterocycles. The van der Waals surface area contributed by atoms with E-state index in [1.165, 1.54) is 11.1 Å². The van der Waals surface area contributed by atoms with Gasteiger partial charge in [0.05, 0.1) is 12.8 Å². The zero-order chi connectivity index (χ0) is 15.0. The predicted octanol–water partition coefficient (Wildman–Crippen LogP) is 2.52. The van der Waals surface area contributed by atoms with Gasteiger partial charge in [-0.3, -0.25) is 0 Å². The van der Waals surface area contributed by atoms with Crippen LogP contribution in [-0.4, -0.2) is 32.3 Å². The smallest absolute Gasteiger partial charge is 0.177 e. The first-order chi connectivity index (χ1) is 9.99. The number of ether oxygens (including phenoxy) is 1. The van der Waals surface area contributed by atoms with E-state index in [0.717, 1.165) is 22.2 Å². The van der Waals surface area contributed by atoms with Gasteiger partial charge in [0.1, 0.15) is 5.75 Å². The van der Waals surface area contributed by atoms with Crippen molar-refractivity contribution in [3.63, 3.8) is 0 Å². The van der Waals surface area contributed by atoms with Crippen LogP contribution in [0.25, 0.3) is 16.6 Å². The summed E-state index contributed by atoms with van der Waals surface area (Å²) < 4.78 is 5.31. The van der Waals surface area contributed by atoms with Crippen molar-refractivity contribution < 1.29 is 4.74 Å². The molecule has 0 aliphatic rings. The van der Waals surface area contributed by atoms with Gasteiger partial charge in [-0.25, -0.2) is 4.98 Å². The van der Waals surface area contributed by atoms with Gasteiger partial charge >= 0.3 is 0 Å². The second-order valence-corrected chi connectivity index (χ2v) is 5.89. The summed E-state index contributed by atoms with van der Waals surface area (Å²) in [5.74, 6) is 1.46. The number of rotatable bonds is 2. The number of nitrogens with zero attached hydrogens (tertiary/aromatic N) is 5. The molecule has 3 aromatic rings. The first-order valence-corrected chi connectivity index (χ1v) is 6.71. The van der Waals surface area contributed by atoms with Crippen molar-refractivity contribution in [2.24, 2.45) is 0 Å². The lowest BCUT2D eigenvalue weighted by molar-refractivity contribution is 0.415. The molecule has 2 aromatic heterocycles. The van der Waals surface area contributed by atoms with Gasteiger partial charge in [-0.15, -0.1) is 15.0 Å². The standard InChI is InChI=1S/C15H17N5O/c1-15(2,3)14-12-6-5-11(21-4)7-10(12)8-13(18-14)20-17-9-16-19-20/h5-9H,1-4H3. The number of fused-ring (bicyclic) bond motifs is 1. The normalized spacial score (nSPS) is 11.8. The highest BCUT2D eigenvalue weighted by Crippen LogP contribution is 2.31. The summed E-state index contributed by atoms with van der Waals surface area (Å²) in [5, 5.41) is 13.9. The Bertz CT molecular complexity index is 775. The van der Waals surface area contributed by atoms with E-state index >= 15 is 0 Å². The molecule has 0 radical (unpaired) electrons. The SMILES string of the molecule is COc1ccc2c(C(C)(C)C)nc(-n3ncnn3)cc2c1. The van der Waals surface area contributed by atoms with Crippen molar-refractivity contribution in [3.05, 3.63) is 36.3 Å². The molecule has 6 nitrogen and oxygen atoms in total. The highest BCUT2D eigenvalue weighted by Gasteiger charge is 2.21. The molecule has 0 N–H and O–H groups in total. The lowest BCUT2D eigenvalue weighted by Gasteiger charge is -2.21. The van der Waals surface area contributed by atoms with Crippen molar-refractivity contribution in [2.45, 2.75) is 26.2 Å². The zero-order valence-electron chi connectivity index (χ0n) is 12.5. The monoisotopic (exact) mass is 283 g/mol. The molecular formula is C15H17N5O. The molecule has 21 heavy (non-hydrogen) atoms. The number of hydrogen-bond acceptors (Lipinski definition) is 5. The fraction of sp³-hybridized carbons (Fsp3) is 0.333. The summed E-state index contributed by atoms with van der Waals surface area (Å²) in [6.07, 6.45) is 1.40. The summed E-state index contributed by atoms with van der Waals surface area (Å²) in [7, 11) is 1.66. The van der Waals surface area contributed by atoms with Crippen LogP contribution in [0.1, 0.15) is 26.5 Å². The van der Waals surface area contributed by atoms with E-state index in [0.29, 0.717) is 5.82 Å². The molecule has 0 atom stereocenters. The van der Waals surface area contributed by atoms with Crippen molar-refractivity contribution in [2.75, 3.05) is 7.11 Å². The Morgan fingerprint density at radius 3 is 2.57 bits per heavy atom. The number of hydrogen-bond donors (Lipinski definition) is 0. The Hall–Kier alpha value is -2.50. The van der Waals surface area contributed by atoms with Gasteiger partial charge in [0, 0.05) is 10.8 Å². The number of aromatic nitrogens is 5. The van der Waals surface area contributed by atoms with E-state index < -0.39 is 0 Å². The maximum atomic E-state index is 5.31. The zero-order valence-corrected chi connectivity index (χ0v) is 12.5. The Balaban J connectivity index is 2.32. The van der Waals surface area contributed by atoms with Gasteiger partial charge in [-0.2, -0.15) is 0 Å². The van der Waals surface area contributed by atoms with E-state index in [1.807, 2.05) is 24.3 Å². The lowest BCUT2D eigenvalue weighted by Crippen LogP contribution is -2.16. The minimum atomic E-state index is -0.0938. The lowest BCUT2D eigenvalue weighted by atomic mass is 9.88. The Labute approximate surface area is 122 Å². The predicted molar refractivity (Wildman–Crippen MR) is 79.7 cm³/mol. The molecular weight excluding hydrogens is 266 g/mol. The van der Waals surface area contributed by atoms with E-state index in [2.05, 4.69) is 36.2 Å². The Morgan fingerprint density at radius 2 is 1.95 bits per heavy atom. The van der Waals surface area contributed by atoms with E-state index in [1.54, 1.807) is 7.11 Å². The molecule has 0 amide bonds. The van der Waals surface area contributed by atoms with Crippen LogP contribution in [-0.2, 0) is 5.41 Å². The highest BCUT2D eigenvalue weighted by atomic mass is 16.5. The van der Waals surface area contributed by atoms with Crippen LogP contribution >= 0.6 is 0 Å². The van der Waals surface area contributed by atoms with Crippen molar-refractivity contribution in [1.82, 2.24) is 25.2 Å². The number of tetrazole rings is 1. The fourth-order valence-corrected chi connectivity index (χ4v) is 2.30. The van der Waals surface area contributed by atoms with Crippen LogP contribution in [0.5, 0.6) is 5.75 Å². The quantitative estimate of drug-likeness (QED) is 0.723. The molecule has 0 spiro atoms. The van der Waals surface area contributed by atoms with Gasteiger partial charge in [0.15, 0.2) is 12.1 Å². The van der Waals surface area contributed by atoms with Crippen LogP contribution < -0.4 is 4.74 Å². The topological polar surface area (TPSA) is 65.7 Å². The van der Waals surface area contributed by atoms with Gasteiger partial charge in [-0.1, -0.05) is 20.8 Å². The van der Waals surface area contributed by atoms with Crippen LogP contribution in [0, 0.1) is 0 Å². The van der Waals surface area contributed by atoms with Crippen molar-refractivity contribution >= 4 is 10.8 Å². The molecule has 0 saturated carbocycles. The van der Waals surface area contributed by atoms with E-state index in [-0.39, 0.29) is 5.41 Å². The van der Waals surface area contributed by atoms with Crippen LogP contribution in [0.15, 0.2) is 30.6 Å². The largest absolute Gasteiger partial charge is 0.497 e. The molecule has 3 rings (SSSR count). The molecule has 0 unspecified atom stereocenters. The molecule has 0 aliphatic heterocycles.